The summed E-state index contributed by atoms with van der Waals surface area (Å²) in [6.07, 6.45) is 2.56. The predicted octanol–water partition coefficient (Wildman–Crippen LogP) is -0.392. The van der Waals surface area contributed by atoms with E-state index in [1.807, 2.05) is 18.7 Å². The molecule has 1 atom stereocenters. The zero-order chi connectivity index (χ0) is 14.0. The minimum atomic E-state index is -3.15. The number of nitrogens with zero attached hydrogens (tertiary/aromatic N) is 2. The van der Waals surface area contributed by atoms with E-state index < -0.39 is 15.6 Å². The maximum atomic E-state index is 11.6. The Hall–Kier alpha value is -0.660. The standard InChI is InChI=1S/C11H23N3O3S/c1-4-11(2,10(12)15)13-6-5-7-14(9-8-13)18(3,16)17/h4-9H2,1-3H3,(H2,12,15). The van der Waals surface area contributed by atoms with Crippen molar-refractivity contribution in [2.45, 2.75) is 32.2 Å². The first kappa shape index (κ1) is 15.4. The van der Waals surface area contributed by atoms with Crippen LogP contribution in [0.25, 0.3) is 0 Å². The van der Waals surface area contributed by atoms with Crippen LogP contribution in [0.3, 0.4) is 0 Å². The van der Waals surface area contributed by atoms with Crippen LogP contribution in [-0.2, 0) is 14.8 Å². The number of nitrogens with two attached hydrogens (primary N) is 1. The average Bonchev–Trinajstić information content (AvgIpc) is 2.52. The van der Waals surface area contributed by atoms with Crippen LogP contribution in [0.2, 0.25) is 0 Å². The maximum Gasteiger partial charge on any atom is 0.237 e. The number of hydrogen-bond acceptors (Lipinski definition) is 4. The van der Waals surface area contributed by atoms with Gasteiger partial charge in [0, 0.05) is 26.2 Å². The van der Waals surface area contributed by atoms with E-state index in [0.29, 0.717) is 32.6 Å². The fourth-order valence-corrected chi connectivity index (χ4v) is 3.15. The quantitative estimate of drug-likeness (QED) is 0.758. The number of sulfonamides is 1. The monoisotopic (exact) mass is 277 g/mol. The second-order valence-electron chi connectivity index (χ2n) is 4.99. The lowest BCUT2D eigenvalue weighted by atomic mass is 9.95. The average molecular weight is 277 g/mol. The van der Waals surface area contributed by atoms with Crippen LogP contribution < -0.4 is 5.73 Å². The SMILES string of the molecule is CCC(C)(C(N)=O)N1CCCN(S(C)(=O)=O)CC1. The summed E-state index contributed by atoms with van der Waals surface area (Å²) in [5.41, 5.74) is 4.78. The maximum absolute atomic E-state index is 11.6. The highest BCUT2D eigenvalue weighted by Gasteiger charge is 2.37. The highest BCUT2D eigenvalue weighted by molar-refractivity contribution is 7.88. The predicted molar refractivity (Wildman–Crippen MR) is 70.5 cm³/mol. The minimum Gasteiger partial charge on any atom is -0.368 e. The molecule has 2 N–H and O–H groups in total. The van der Waals surface area contributed by atoms with Crippen molar-refractivity contribution in [2.75, 3.05) is 32.4 Å². The summed E-state index contributed by atoms with van der Waals surface area (Å²) in [7, 11) is -3.15. The summed E-state index contributed by atoms with van der Waals surface area (Å²) in [5, 5.41) is 0. The van der Waals surface area contributed by atoms with Gasteiger partial charge < -0.3 is 5.73 Å². The van der Waals surface area contributed by atoms with Crippen LogP contribution >= 0.6 is 0 Å². The zero-order valence-corrected chi connectivity index (χ0v) is 12.2. The molecule has 1 unspecified atom stereocenters. The third kappa shape index (κ3) is 3.21. The first-order valence-corrected chi connectivity index (χ1v) is 8.06. The lowest BCUT2D eigenvalue weighted by Gasteiger charge is -2.37. The number of carbonyl (C=O) groups excluding carboxylic acids is 1. The van der Waals surface area contributed by atoms with Crippen LogP contribution in [0, 0.1) is 0 Å². The Morgan fingerprint density at radius 3 is 2.33 bits per heavy atom. The van der Waals surface area contributed by atoms with Crippen molar-refractivity contribution in [1.82, 2.24) is 9.21 Å². The summed E-state index contributed by atoms with van der Waals surface area (Å²) in [6, 6.07) is 0. The Labute approximate surface area is 109 Å². The van der Waals surface area contributed by atoms with Gasteiger partial charge in [0.25, 0.3) is 0 Å². The van der Waals surface area contributed by atoms with E-state index in [-0.39, 0.29) is 5.91 Å². The van der Waals surface area contributed by atoms with E-state index in [1.54, 1.807) is 0 Å². The van der Waals surface area contributed by atoms with E-state index >= 15 is 0 Å². The molecular formula is C11H23N3O3S. The molecule has 7 heteroatoms. The molecule has 0 aromatic carbocycles. The number of hydrogen-bond donors (Lipinski definition) is 1. The largest absolute Gasteiger partial charge is 0.368 e. The van der Waals surface area contributed by atoms with E-state index in [2.05, 4.69) is 0 Å². The van der Waals surface area contributed by atoms with Crippen molar-refractivity contribution in [3.05, 3.63) is 0 Å². The normalized spacial score (nSPS) is 23.3. The molecule has 18 heavy (non-hydrogen) atoms. The van der Waals surface area contributed by atoms with E-state index in [1.165, 1.54) is 10.6 Å². The van der Waals surface area contributed by atoms with Crippen LogP contribution in [0.15, 0.2) is 0 Å². The summed E-state index contributed by atoms with van der Waals surface area (Å²) in [6.45, 7) is 5.91. The van der Waals surface area contributed by atoms with Crippen molar-refractivity contribution in [3.63, 3.8) is 0 Å². The van der Waals surface area contributed by atoms with Gasteiger partial charge in [-0.3, -0.25) is 9.69 Å². The zero-order valence-electron chi connectivity index (χ0n) is 11.3. The molecule has 1 amide bonds. The molecular weight excluding hydrogens is 254 g/mol. The first-order valence-electron chi connectivity index (χ1n) is 6.22. The van der Waals surface area contributed by atoms with E-state index in [0.717, 1.165) is 6.42 Å². The Bertz CT molecular complexity index is 410. The van der Waals surface area contributed by atoms with Gasteiger partial charge in [-0.2, -0.15) is 0 Å². The highest BCUT2D eigenvalue weighted by Crippen LogP contribution is 2.21. The topological polar surface area (TPSA) is 83.7 Å². The summed E-state index contributed by atoms with van der Waals surface area (Å²) >= 11 is 0. The number of rotatable bonds is 4. The van der Waals surface area contributed by atoms with Crippen LogP contribution in [0.5, 0.6) is 0 Å². The van der Waals surface area contributed by atoms with Gasteiger partial charge in [-0.15, -0.1) is 0 Å². The second kappa shape index (κ2) is 5.54. The molecule has 0 aliphatic carbocycles. The van der Waals surface area contributed by atoms with Crippen LogP contribution in [0.4, 0.5) is 0 Å². The third-order valence-corrected chi connectivity index (χ3v) is 5.14. The van der Waals surface area contributed by atoms with Crippen molar-refractivity contribution in [2.24, 2.45) is 5.73 Å². The van der Waals surface area contributed by atoms with Gasteiger partial charge in [-0.1, -0.05) is 6.92 Å². The van der Waals surface area contributed by atoms with Crippen molar-refractivity contribution < 1.29 is 13.2 Å². The van der Waals surface area contributed by atoms with Crippen molar-refractivity contribution >= 4 is 15.9 Å². The Kier molecular flexibility index (Phi) is 4.74. The van der Waals surface area contributed by atoms with Gasteiger partial charge in [-0.25, -0.2) is 12.7 Å². The molecule has 1 fully saturated rings. The molecule has 0 radical (unpaired) electrons. The molecule has 1 aliphatic heterocycles. The van der Waals surface area contributed by atoms with Crippen LogP contribution in [-0.4, -0.2) is 61.5 Å². The molecule has 106 valence electrons. The lowest BCUT2D eigenvalue weighted by molar-refractivity contribution is -0.129. The Morgan fingerprint density at radius 2 is 1.89 bits per heavy atom. The highest BCUT2D eigenvalue weighted by atomic mass is 32.2. The van der Waals surface area contributed by atoms with Gasteiger partial charge >= 0.3 is 0 Å². The number of primary amides is 1. The van der Waals surface area contributed by atoms with Gasteiger partial charge in [0.05, 0.1) is 11.8 Å². The summed E-state index contributed by atoms with van der Waals surface area (Å²) < 4.78 is 24.5. The molecule has 1 rings (SSSR count). The van der Waals surface area contributed by atoms with Crippen molar-refractivity contribution in [3.8, 4) is 0 Å². The molecule has 0 aromatic rings. The Balaban J connectivity index is 2.82. The van der Waals surface area contributed by atoms with Crippen LogP contribution in [0.1, 0.15) is 26.7 Å². The molecule has 1 saturated heterocycles. The van der Waals surface area contributed by atoms with Gasteiger partial charge in [0.1, 0.15) is 0 Å². The number of amides is 1. The number of carbonyl (C=O) groups is 1. The molecule has 1 heterocycles. The third-order valence-electron chi connectivity index (χ3n) is 3.84. The van der Waals surface area contributed by atoms with Crippen molar-refractivity contribution in [1.29, 1.82) is 0 Å². The summed E-state index contributed by atoms with van der Waals surface area (Å²) in [4.78, 5) is 13.6. The molecule has 0 bridgehead atoms. The molecule has 0 saturated carbocycles. The van der Waals surface area contributed by atoms with E-state index in [9.17, 15) is 13.2 Å². The second-order valence-corrected chi connectivity index (χ2v) is 6.98. The van der Waals surface area contributed by atoms with Gasteiger partial charge in [-0.05, 0) is 19.8 Å². The Morgan fingerprint density at radius 1 is 1.28 bits per heavy atom. The molecule has 0 spiro atoms. The fraction of sp³-hybridized carbons (Fsp3) is 0.909. The van der Waals surface area contributed by atoms with Gasteiger partial charge in [0.15, 0.2) is 0 Å². The fourth-order valence-electron chi connectivity index (χ4n) is 2.27. The molecule has 0 aromatic heterocycles. The molecule has 1 aliphatic rings. The lowest BCUT2D eigenvalue weighted by Crippen LogP contribution is -2.56. The van der Waals surface area contributed by atoms with Gasteiger partial charge in [0.2, 0.25) is 15.9 Å². The molecule has 6 nitrogen and oxygen atoms in total. The minimum absolute atomic E-state index is 0.349. The smallest absolute Gasteiger partial charge is 0.237 e. The van der Waals surface area contributed by atoms with E-state index in [4.69, 9.17) is 5.73 Å². The first-order chi connectivity index (χ1) is 8.21. The summed E-state index contributed by atoms with van der Waals surface area (Å²) in [5.74, 6) is -0.349.